The SMILES string of the molecule is CC(C)N(CCNC(=O)CCC1CCCCN1)C(C)C. The highest BCUT2D eigenvalue weighted by Gasteiger charge is 2.15. The Morgan fingerprint density at radius 2 is 1.95 bits per heavy atom. The summed E-state index contributed by atoms with van der Waals surface area (Å²) in [5.74, 6) is 0.199. The van der Waals surface area contributed by atoms with Crippen molar-refractivity contribution < 1.29 is 4.79 Å². The van der Waals surface area contributed by atoms with E-state index < -0.39 is 0 Å². The van der Waals surface area contributed by atoms with Crippen molar-refractivity contribution in [2.45, 2.75) is 77.9 Å². The zero-order chi connectivity index (χ0) is 15.0. The van der Waals surface area contributed by atoms with E-state index in [1.807, 2.05) is 0 Å². The van der Waals surface area contributed by atoms with Gasteiger partial charge in [0.05, 0.1) is 0 Å². The Balaban J connectivity index is 2.12. The maximum atomic E-state index is 11.8. The Bertz CT molecular complexity index is 265. The smallest absolute Gasteiger partial charge is 0.220 e. The molecule has 4 heteroatoms. The third-order valence-electron chi connectivity index (χ3n) is 4.15. The van der Waals surface area contributed by atoms with Gasteiger partial charge in [0.1, 0.15) is 0 Å². The molecule has 0 radical (unpaired) electrons. The average molecular weight is 283 g/mol. The minimum atomic E-state index is 0.199. The van der Waals surface area contributed by atoms with Crippen molar-refractivity contribution in [1.29, 1.82) is 0 Å². The molecule has 1 rings (SSSR count). The van der Waals surface area contributed by atoms with E-state index in [0.29, 0.717) is 24.5 Å². The summed E-state index contributed by atoms with van der Waals surface area (Å²) in [5.41, 5.74) is 0. The van der Waals surface area contributed by atoms with Gasteiger partial charge < -0.3 is 10.6 Å². The van der Waals surface area contributed by atoms with Crippen LogP contribution in [0.3, 0.4) is 0 Å². The molecule has 0 aromatic rings. The largest absolute Gasteiger partial charge is 0.355 e. The summed E-state index contributed by atoms with van der Waals surface area (Å²) in [6, 6.07) is 1.61. The lowest BCUT2D eigenvalue weighted by molar-refractivity contribution is -0.121. The van der Waals surface area contributed by atoms with Crippen LogP contribution in [0.5, 0.6) is 0 Å². The Morgan fingerprint density at radius 3 is 2.50 bits per heavy atom. The zero-order valence-corrected chi connectivity index (χ0v) is 13.7. The van der Waals surface area contributed by atoms with Gasteiger partial charge in [0.2, 0.25) is 5.91 Å². The van der Waals surface area contributed by atoms with Crippen molar-refractivity contribution in [3.05, 3.63) is 0 Å². The molecular formula is C16H33N3O. The molecule has 0 bridgehead atoms. The van der Waals surface area contributed by atoms with E-state index in [4.69, 9.17) is 0 Å². The van der Waals surface area contributed by atoms with Crippen molar-refractivity contribution in [3.63, 3.8) is 0 Å². The van der Waals surface area contributed by atoms with Crippen LogP contribution in [0.4, 0.5) is 0 Å². The summed E-state index contributed by atoms with van der Waals surface area (Å²) in [6.45, 7) is 11.6. The number of carbonyl (C=O) groups is 1. The van der Waals surface area contributed by atoms with Crippen LogP contribution in [0.2, 0.25) is 0 Å². The van der Waals surface area contributed by atoms with E-state index in [1.165, 1.54) is 19.3 Å². The van der Waals surface area contributed by atoms with Crippen molar-refractivity contribution >= 4 is 5.91 Å². The van der Waals surface area contributed by atoms with Crippen LogP contribution in [0.25, 0.3) is 0 Å². The maximum absolute atomic E-state index is 11.8. The molecule has 0 saturated carbocycles. The Kier molecular flexibility index (Phi) is 8.15. The van der Waals surface area contributed by atoms with Crippen LogP contribution in [-0.2, 0) is 4.79 Å². The number of hydrogen-bond donors (Lipinski definition) is 2. The fourth-order valence-electron chi connectivity index (χ4n) is 3.00. The highest BCUT2D eigenvalue weighted by atomic mass is 16.1. The molecule has 0 aromatic heterocycles. The predicted octanol–water partition coefficient (Wildman–Crippen LogP) is 2.14. The highest BCUT2D eigenvalue weighted by molar-refractivity contribution is 5.75. The predicted molar refractivity (Wildman–Crippen MR) is 84.9 cm³/mol. The van der Waals surface area contributed by atoms with Crippen LogP contribution >= 0.6 is 0 Å². The summed E-state index contributed by atoms with van der Waals surface area (Å²) in [7, 11) is 0. The fraction of sp³-hybridized carbons (Fsp3) is 0.938. The first-order valence-corrected chi connectivity index (χ1v) is 8.26. The summed E-state index contributed by atoms with van der Waals surface area (Å²) in [4.78, 5) is 14.3. The second-order valence-corrected chi connectivity index (χ2v) is 6.46. The van der Waals surface area contributed by atoms with Crippen LogP contribution in [0.15, 0.2) is 0 Å². The van der Waals surface area contributed by atoms with E-state index in [-0.39, 0.29) is 5.91 Å². The molecule has 118 valence electrons. The molecule has 0 aromatic carbocycles. The molecule has 4 nitrogen and oxygen atoms in total. The van der Waals surface area contributed by atoms with E-state index >= 15 is 0 Å². The molecule has 0 aliphatic carbocycles. The van der Waals surface area contributed by atoms with Gasteiger partial charge in [-0.25, -0.2) is 0 Å². The van der Waals surface area contributed by atoms with Crippen LogP contribution in [0, 0.1) is 0 Å². The van der Waals surface area contributed by atoms with E-state index in [9.17, 15) is 4.79 Å². The number of nitrogens with one attached hydrogen (secondary N) is 2. The van der Waals surface area contributed by atoms with Crippen molar-refractivity contribution in [2.75, 3.05) is 19.6 Å². The van der Waals surface area contributed by atoms with E-state index in [1.54, 1.807) is 0 Å². The molecule has 2 N–H and O–H groups in total. The molecule has 1 unspecified atom stereocenters. The number of rotatable bonds is 8. The van der Waals surface area contributed by atoms with Crippen LogP contribution < -0.4 is 10.6 Å². The third-order valence-corrected chi connectivity index (χ3v) is 4.15. The minimum absolute atomic E-state index is 0.199. The second kappa shape index (κ2) is 9.35. The minimum Gasteiger partial charge on any atom is -0.355 e. The van der Waals surface area contributed by atoms with Crippen molar-refractivity contribution in [1.82, 2.24) is 15.5 Å². The highest BCUT2D eigenvalue weighted by Crippen LogP contribution is 2.11. The van der Waals surface area contributed by atoms with Gasteiger partial charge in [-0.3, -0.25) is 9.69 Å². The lowest BCUT2D eigenvalue weighted by atomic mass is 10.0. The average Bonchev–Trinajstić information content (AvgIpc) is 2.41. The molecule has 0 spiro atoms. The van der Waals surface area contributed by atoms with E-state index in [2.05, 4.69) is 43.2 Å². The monoisotopic (exact) mass is 283 g/mol. The topological polar surface area (TPSA) is 44.4 Å². The molecule has 1 heterocycles. The summed E-state index contributed by atoms with van der Waals surface area (Å²) in [5, 5.41) is 6.54. The zero-order valence-electron chi connectivity index (χ0n) is 13.7. The maximum Gasteiger partial charge on any atom is 0.220 e. The number of carbonyl (C=O) groups excluding carboxylic acids is 1. The van der Waals surface area contributed by atoms with Gasteiger partial charge in [0.25, 0.3) is 0 Å². The number of hydrogen-bond acceptors (Lipinski definition) is 3. The van der Waals surface area contributed by atoms with Crippen molar-refractivity contribution in [3.8, 4) is 0 Å². The molecular weight excluding hydrogens is 250 g/mol. The molecule has 20 heavy (non-hydrogen) atoms. The fourth-order valence-corrected chi connectivity index (χ4v) is 3.00. The Hall–Kier alpha value is -0.610. The molecule has 1 amide bonds. The first-order chi connectivity index (χ1) is 9.50. The van der Waals surface area contributed by atoms with Gasteiger partial charge in [-0.05, 0) is 53.5 Å². The number of piperidine rings is 1. The Morgan fingerprint density at radius 1 is 1.25 bits per heavy atom. The normalized spacial score (nSPS) is 19.9. The lowest BCUT2D eigenvalue weighted by Crippen LogP contribution is -2.42. The van der Waals surface area contributed by atoms with E-state index in [0.717, 1.165) is 26.1 Å². The van der Waals surface area contributed by atoms with Gasteiger partial charge in [-0.2, -0.15) is 0 Å². The summed E-state index contributed by atoms with van der Waals surface area (Å²) in [6.07, 6.45) is 5.44. The quantitative estimate of drug-likeness (QED) is 0.717. The van der Waals surface area contributed by atoms with Gasteiger partial charge in [-0.1, -0.05) is 6.42 Å². The summed E-state index contributed by atoms with van der Waals surface area (Å²) >= 11 is 0. The standard InChI is InChI=1S/C16H33N3O/c1-13(2)19(14(3)4)12-11-18-16(20)9-8-15-7-5-6-10-17-15/h13-15,17H,5-12H2,1-4H3,(H,18,20). The summed E-state index contributed by atoms with van der Waals surface area (Å²) < 4.78 is 0. The Labute approximate surface area is 124 Å². The molecule has 1 aliphatic heterocycles. The van der Waals surface area contributed by atoms with Crippen LogP contribution in [0.1, 0.15) is 59.8 Å². The first kappa shape index (κ1) is 17.4. The second-order valence-electron chi connectivity index (χ2n) is 6.46. The molecule has 1 saturated heterocycles. The molecule has 1 aliphatic rings. The first-order valence-electron chi connectivity index (χ1n) is 8.26. The van der Waals surface area contributed by atoms with Gasteiger partial charge in [-0.15, -0.1) is 0 Å². The van der Waals surface area contributed by atoms with Gasteiger partial charge >= 0.3 is 0 Å². The van der Waals surface area contributed by atoms with Gasteiger partial charge in [0.15, 0.2) is 0 Å². The van der Waals surface area contributed by atoms with Gasteiger partial charge in [0, 0.05) is 37.6 Å². The molecule has 1 atom stereocenters. The third kappa shape index (κ3) is 6.71. The number of amides is 1. The molecule has 1 fully saturated rings. The lowest BCUT2D eigenvalue weighted by Gasteiger charge is -2.30. The van der Waals surface area contributed by atoms with Crippen molar-refractivity contribution in [2.24, 2.45) is 0 Å². The van der Waals surface area contributed by atoms with Crippen LogP contribution in [-0.4, -0.2) is 48.6 Å². The number of nitrogens with zero attached hydrogens (tertiary/aromatic N) is 1.